The van der Waals surface area contributed by atoms with Gasteiger partial charge in [-0.3, -0.25) is 4.79 Å². The first-order valence-corrected chi connectivity index (χ1v) is 9.00. The highest BCUT2D eigenvalue weighted by Gasteiger charge is 2.25. The smallest absolute Gasteiger partial charge is 0.256 e. The minimum absolute atomic E-state index is 0.0907. The van der Waals surface area contributed by atoms with Crippen LogP contribution in [0.2, 0.25) is 0 Å². The van der Waals surface area contributed by atoms with Crippen molar-refractivity contribution in [3.05, 3.63) is 78.1 Å². The van der Waals surface area contributed by atoms with Gasteiger partial charge in [0.15, 0.2) is 12.4 Å². The van der Waals surface area contributed by atoms with Gasteiger partial charge in [-0.25, -0.2) is 4.57 Å². The molecule has 1 aliphatic heterocycles. The van der Waals surface area contributed by atoms with Crippen LogP contribution < -0.4 is 14.6 Å². The number of aromatic nitrogens is 1. The fourth-order valence-corrected chi connectivity index (χ4v) is 3.32. The van der Waals surface area contributed by atoms with Crippen LogP contribution in [-0.4, -0.2) is 12.5 Å². The minimum atomic E-state index is -0.0907. The Morgan fingerprint density at radius 3 is 2.74 bits per heavy atom. The summed E-state index contributed by atoms with van der Waals surface area (Å²) in [6, 6.07) is 17.9. The lowest BCUT2D eigenvalue weighted by Gasteiger charge is -2.07. The lowest BCUT2D eigenvalue weighted by Crippen LogP contribution is -2.26. The van der Waals surface area contributed by atoms with Gasteiger partial charge in [0.2, 0.25) is 0 Å². The monoisotopic (exact) mass is 357 g/mol. The van der Waals surface area contributed by atoms with E-state index in [9.17, 15) is 4.79 Å². The molecule has 0 radical (unpaired) electrons. The fraction of sp³-hybridized carbons (Fsp3) is 0.130. The Kier molecular flexibility index (Phi) is 4.47. The molecule has 3 aromatic rings. The van der Waals surface area contributed by atoms with Gasteiger partial charge in [0, 0.05) is 34.0 Å². The van der Waals surface area contributed by atoms with Gasteiger partial charge >= 0.3 is 0 Å². The molecule has 4 heteroatoms. The maximum atomic E-state index is 12.6. The van der Waals surface area contributed by atoms with E-state index in [4.69, 9.17) is 4.74 Å². The molecule has 134 valence electrons. The number of hydrogen-bond donors (Lipinski definition) is 1. The summed E-state index contributed by atoms with van der Waals surface area (Å²) in [5, 5.41) is 2.99. The van der Waals surface area contributed by atoms with Crippen molar-refractivity contribution in [1.82, 2.24) is 0 Å². The van der Waals surface area contributed by atoms with Gasteiger partial charge in [0.1, 0.15) is 12.8 Å². The normalized spacial score (nSPS) is 14.1. The molecule has 0 aliphatic carbocycles. The summed E-state index contributed by atoms with van der Waals surface area (Å²) in [5.41, 5.74) is 5.48. The van der Waals surface area contributed by atoms with Crippen molar-refractivity contribution in [1.29, 1.82) is 0 Å². The number of carbonyl (C=O) groups is 1. The molecule has 0 bridgehead atoms. The third kappa shape index (κ3) is 3.34. The van der Waals surface area contributed by atoms with Crippen LogP contribution in [0, 0.1) is 0 Å². The maximum Gasteiger partial charge on any atom is 0.256 e. The number of ether oxygens (including phenoxy) is 1. The van der Waals surface area contributed by atoms with Crippen molar-refractivity contribution < 1.29 is 14.1 Å². The van der Waals surface area contributed by atoms with Crippen LogP contribution in [0.25, 0.3) is 22.8 Å². The number of nitrogens with zero attached hydrogens (tertiary/aromatic N) is 1. The number of rotatable bonds is 4. The molecule has 0 atom stereocenters. The SMILES string of the molecule is CCOc1ccccc1/C=C1/C(=O)Nc2cc(-c3ccc[n+](C)c3)ccc21. The second kappa shape index (κ2) is 7.08. The van der Waals surface area contributed by atoms with E-state index in [1.165, 1.54) is 0 Å². The van der Waals surface area contributed by atoms with Crippen LogP contribution in [0.1, 0.15) is 18.1 Å². The van der Waals surface area contributed by atoms with Crippen LogP contribution in [0.4, 0.5) is 5.69 Å². The second-order valence-electron chi connectivity index (χ2n) is 6.50. The first-order valence-electron chi connectivity index (χ1n) is 9.00. The Hall–Kier alpha value is -3.40. The summed E-state index contributed by atoms with van der Waals surface area (Å²) in [7, 11) is 2.00. The molecule has 27 heavy (non-hydrogen) atoms. The quantitative estimate of drug-likeness (QED) is 0.565. The van der Waals surface area contributed by atoms with Crippen molar-refractivity contribution in [2.75, 3.05) is 11.9 Å². The topological polar surface area (TPSA) is 42.2 Å². The summed E-state index contributed by atoms with van der Waals surface area (Å²) >= 11 is 0. The maximum absolute atomic E-state index is 12.6. The van der Waals surface area contributed by atoms with Gasteiger partial charge in [-0.15, -0.1) is 0 Å². The van der Waals surface area contributed by atoms with Gasteiger partial charge in [-0.1, -0.05) is 30.3 Å². The summed E-state index contributed by atoms with van der Waals surface area (Å²) in [6.45, 7) is 2.54. The minimum Gasteiger partial charge on any atom is -0.493 e. The number of aryl methyl sites for hydroxylation is 1. The predicted molar refractivity (Wildman–Crippen MR) is 107 cm³/mol. The third-order valence-corrected chi connectivity index (χ3v) is 4.59. The molecule has 0 fully saturated rings. The summed E-state index contributed by atoms with van der Waals surface area (Å²) in [4.78, 5) is 12.6. The number of para-hydroxylation sites is 1. The van der Waals surface area contributed by atoms with Gasteiger partial charge in [-0.05, 0) is 36.8 Å². The number of carbonyl (C=O) groups excluding carboxylic acids is 1. The number of hydrogen-bond acceptors (Lipinski definition) is 2. The van der Waals surface area contributed by atoms with Gasteiger partial charge < -0.3 is 10.1 Å². The van der Waals surface area contributed by atoms with Crippen LogP contribution >= 0.6 is 0 Å². The first kappa shape index (κ1) is 17.0. The first-order chi connectivity index (χ1) is 13.2. The van der Waals surface area contributed by atoms with E-state index in [1.807, 2.05) is 73.3 Å². The Balaban J connectivity index is 1.74. The number of pyridine rings is 1. The van der Waals surface area contributed by atoms with E-state index >= 15 is 0 Å². The molecule has 0 saturated carbocycles. The highest BCUT2D eigenvalue weighted by atomic mass is 16.5. The lowest BCUT2D eigenvalue weighted by atomic mass is 10.00. The van der Waals surface area contributed by atoms with Crippen molar-refractivity contribution in [2.45, 2.75) is 6.92 Å². The molecule has 4 rings (SSSR count). The molecule has 1 aliphatic rings. The summed E-state index contributed by atoms with van der Waals surface area (Å²) in [5.74, 6) is 0.689. The number of nitrogens with one attached hydrogen (secondary N) is 1. The van der Waals surface area contributed by atoms with Crippen LogP contribution in [0.15, 0.2) is 67.0 Å². The molecule has 0 spiro atoms. The van der Waals surface area contributed by atoms with Crippen LogP contribution in [0.5, 0.6) is 5.75 Å². The van der Waals surface area contributed by atoms with E-state index < -0.39 is 0 Å². The van der Waals surface area contributed by atoms with E-state index in [-0.39, 0.29) is 5.91 Å². The van der Waals surface area contributed by atoms with Crippen molar-refractivity contribution in [3.8, 4) is 16.9 Å². The Labute approximate surface area is 158 Å². The average Bonchev–Trinajstić information content (AvgIpc) is 2.98. The predicted octanol–water partition coefficient (Wildman–Crippen LogP) is 4.07. The van der Waals surface area contributed by atoms with Crippen molar-refractivity contribution in [3.63, 3.8) is 0 Å². The molecule has 1 aromatic heterocycles. The number of benzene rings is 2. The zero-order chi connectivity index (χ0) is 18.8. The standard InChI is InChI=1S/C23H20N2O2/c1-3-27-22-9-5-4-7-17(22)13-20-19-11-10-16(14-21(19)24-23(20)26)18-8-6-12-25(2)15-18/h4-15H,3H2,1-2H3/p+1/b20-13+. The molecule has 0 saturated heterocycles. The molecular formula is C23H21N2O2+. The zero-order valence-corrected chi connectivity index (χ0v) is 15.4. The molecule has 2 heterocycles. The number of amides is 1. The average molecular weight is 357 g/mol. The molecule has 0 unspecified atom stereocenters. The Bertz CT molecular complexity index is 1050. The van der Waals surface area contributed by atoms with Crippen LogP contribution in [-0.2, 0) is 11.8 Å². The molecule has 1 amide bonds. The second-order valence-corrected chi connectivity index (χ2v) is 6.50. The third-order valence-electron chi connectivity index (χ3n) is 4.59. The fourth-order valence-electron chi connectivity index (χ4n) is 3.32. The Morgan fingerprint density at radius 1 is 1.07 bits per heavy atom. The van der Waals surface area contributed by atoms with Gasteiger partial charge in [0.25, 0.3) is 5.91 Å². The highest BCUT2D eigenvalue weighted by Crippen LogP contribution is 2.37. The molecule has 1 N–H and O–H groups in total. The number of fused-ring (bicyclic) bond motifs is 1. The lowest BCUT2D eigenvalue weighted by molar-refractivity contribution is -0.671. The molecular weight excluding hydrogens is 336 g/mol. The number of anilines is 1. The van der Waals surface area contributed by atoms with E-state index in [2.05, 4.69) is 23.6 Å². The molecule has 4 nitrogen and oxygen atoms in total. The molecule has 2 aromatic carbocycles. The van der Waals surface area contributed by atoms with Crippen molar-refractivity contribution >= 4 is 23.2 Å². The van der Waals surface area contributed by atoms with Gasteiger partial charge in [-0.2, -0.15) is 0 Å². The van der Waals surface area contributed by atoms with Crippen LogP contribution in [0.3, 0.4) is 0 Å². The van der Waals surface area contributed by atoms with E-state index in [0.29, 0.717) is 12.2 Å². The summed E-state index contributed by atoms with van der Waals surface area (Å²) < 4.78 is 7.69. The highest BCUT2D eigenvalue weighted by molar-refractivity contribution is 6.35. The van der Waals surface area contributed by atoms with Gasteiger partial charge in [0.05, 0.1) is 6.61 Å². The summed E-state index contributed by atoms with van der Waals surface area (Å²) in [6.07, 6.45) is 5.96. The van der Waals surface area contributed by atoms with E-state index in [0.717, 1.165) is 33.7 Å². The van der Waals surface area contributed by atoms with E-state index in [1.54, 1.807) is 0 Å². The Morgan fingerprint density at radius 2 is 1.93 bits per heavy atom. The largest absolute Gasteiger partial charge is 0.493 e. The van der Waals surface area contributed by atoms with Crippen molar-refractivity contribution in [2.24, 2.45) is 7.05 Å². The zero-order valence-electron chi connectivity index (χ0n) is 15.4.